The summed E-state index contributed by atoms with van der Waals surface area (Å²) >= 11 is 0. The lowest BCUT2D eigenvalue weighted by Gasteiger charge is -2.39. The summed E-state index contributed by atoms with van der Waals surface area (Å²) in [5.41, 5.74) is 0.783. The Bertz CT molecular complexity index is 799. The van der Waals surface area contributed by atoms with Crippen LogP contribution in [0.3, 0.4) is 0 Å². The minimum absolute atomic E-state index is 0.0611. The molecule has 0 aliphatic carbocycles. The molecule has 1 aromatic carbocycles. The molecule has 0 bridgehead atoms. The molecule has 0 saturated carbocycles. The molecule has 2 unspecified atom stereocenters. The molecule has 158 valence electrons. The summed E-state index contributed by atoms with van der Waals surface area (Å²) in [7, 11) is 1.45. The van der Waals surface area contributed by atoms with Crippen molar-refractivity contribution < 1.29 is 27.6 Å². The van der Waals surface area contributed by atoms with E-state index in [1.807, 2.05) is 0 Å². The summed E-state index contributed by atoms with van der Waals surface area (Å²) in [5, 5.41) is 4.83. The highest BCUT2D eigenvalue weighted by Crippen LogP contribution is 2.38. The average molecular weight is 412 g/mol. The van der Waals surface area contributed by atoms with Crippen LogP contribution >= 0.6 is 0 Å². The van der Waals surface area contributed by atoms with Gasteiger partial charge in [-0.05, 0) is 36.6 Å². The zero-order chi connectivity index (χ0) is 21.2. The SMILES string of the molecule is CNC(=O)C(CCC(=O)N1CCN2c3ccc(C(F)(F)F)cc3CC2C1)NC=O. The van der Waals surface area contributed by atoms with Crippen LogP contribution in [0.2, 0.25) is 0 Å². The minimum atomic E-state index is -4.38. The van der Waals surface area contributed by atoms with E-state index in [0.717, 1.165) is 11.8 Å². The number of carbonyl (C=O) groups is 3. The van der Waals surface area contributed by atoms with Crippen LogP contribution in [0, 0.1) is 0 Å². The fourth-order valence-electron chi connectivity index (χ4n) is 4.01. The number of fused-ring (bicyclic) bond motifs is 3. The standard InChI is InChI=1S/C19H23F3N4O3/c1-23-18(29)15(24-11-27)3-5-17(28)25-6-7-26-14(10-25)9-12-8-13(19(20,21)22)2-4-16(12)26/h2,4,8,11,14-15H,3,5-7,9-10H2,1H3,(H,23,29)(H,24,27). The predicted molar refractivity (Wildman–Crippen MR) is 99.2 cm³/mol. The molecule has 10 heteroatoms. The third-order valence-electron chi connectivity index (χ3n) is 5.49. The van der Waals surface area contributed by atoms with Gasteiger partial charge in [-0.3, -0.25) is 14.4 Å². The van der Waals surface area contributed by atoms with E-state index in [2.05, 4.69) is 15.5 Å². The van der Waals surface area contributed by atoms with Gasteiger partial charge in [0.25, 0.3) is 0 Å². The van der Waals surface area contributed by atoms with Crippen molar-refractivity contribution in [3.8, 4) is 0 Å². The highest BCUT2D eigenvalue weighted by Gasteiger charge is 2.38. The van der Waals surface area contributed by atoms with Crippen LogP contribution in [0.15, 0.2) is 18.2 Å². The first-order chi connectivity index (χ1) is 13.7. The third kappa shape index (κ3) is 4.46. The number of nitrogens with one attached hydrogen (secondary N) is 2. The van der Waals surface area contributed by atoms with E-state index in [1.165, 1.54) is 19.2 Å². The maximum absolute atomic E-state index is 13.0. The lowest BCUT2D eigenvalue weighted by molar-refractivity contribution is -0.137. The molecule has 29 heavy (non-hydrogen) atoms. The first-order valence-electron chi connectivity index (χ1n) is 9.40. The second-order valence-corrected chi connectivity index (χ2v) is 7.22. The third-order valence-corrected chi connectivity index (χ3v) is 5.49. The molecule has 2 aliphatic heterocycles. The Morgan fingerprint density at radius 3 is 2.72 bits per heavy atom. The maximum atomic E-state index is 13.0. The van der Waals surface area contributed by atoms with E-state index >= 15 is 0 Å². The second kappa shape index (κ2) is 8.30. The van der Waals surface area contributed by atoms with Gasteiger partial charge in [0.1, 0.15) is 6.04 Å². The Kier molecular flexibility index (Phi) is 5.99. The number of hydrogen-bond donors (Lipinski definition) is 2. The van der Waals surface area contributed by atoms with E-state index in [9.17, 15) is 27.6 Å². The number of amides is 3. The number of nitrogens with zero attached hydrogens (tertiary/aromatic N) is 2. The van der Waals surface area contributed by atoms with Crippen molar-refractivity contribution in [2.45, 2.75) is 37.5 Å². The number of halogens is 3. The molecular weight excluding hydrogens is 389 g/mol. The number of benzene rings is 1. The zero-order valence-corrected chi connectivity index (χ0v) is 16.0. The first-order valence-corrected chi connectivity index (χ1v) is 9.40. The monoisotopic (exact) mass is 412 g/mol. The van der Waals surface area contributed by atoms with Crippen molar-refractivity contribution in [1.29, 1.82) is 0 Å². The Morgan fingerprint density at radius 2 is 2.07 bits per heavy atom. The van der Waals surface area contributed by atoms with Gasteiger partial charge in [-0.15, -0.1) is 0 Å². The quantitative estimate of drug-likeness (QED) is 0.681. The summed E-state index contributed by atoms with van der Waals surface area (Å²) in [5.74, 6) is -0.514. The summed E-state index contributed by atoms with van der Waals surface area (Å²) in [6.07, 6.45) is -3.23. The summed E-state index contributed by atoms with van der Waals surface area (Å²) in [6.45, 7) is 1.42. The second-order valence-electron chi connectivity index (χ2n) is 7.22. The van der Waals surface area contributed by atoms with E-state index < -0.39 is 17.8 Å². The molecule has 7 nitrogen and oxygen atoms in total. The molecule has 2 heterocycles. The van der Waals surface area contributed by atoms with Gasteiger partial charge in [-0.25, -0.2) is 0 Å². The zero-order valence-electron chi connectivity index (χ0n) is 16.0. The molecule has 0 aromatic heterocycles. The van der Waals surface area contributed by atoms with E-state index in [1.54, 1.807) is 4.90 Å². The largest absolute Gasteiger partial charge is 0.416 e. The average Bonchev–Trinajstić information content (AvgIpc) is 3.06. The lowest BCUT2D eigenvalue weighted by atomic mass is 10.1. The number of hydrogen-bond acceptors (Lipinski definition) is 4. The van der Waals surface area contributed by atoms with Gasteiger partial charge in [-0.1, -0.05) is 0 Å². The summed E-state index contributed by atoms with van der Waals surface area (Å²) in [6, 6.07) is 2.96. The smallest absolute Gasteiger partial charge is 0.364 e. The van der Waals surface area contributed by atoms with Crippen LogP contribution in [-0.2, 0) is 27.0 Å². The number of alkyl halides is 3. The van der Waals surface area contributed by atoms with Gasteiger partial charge in [0, 0.05) is 38.8 Å². The molecule has 1 fully saturated rings. The molecule has 2 atom stereocenters. The van der Waals surface area contributed by atoms with Crippen LogP contribution in [0.25, 0.3) is 0 Å². The van der Waals surface area contributed by atoms with Crippen molar-refractivity contribution in [2.75, 3.05) is 31.6 Å². The van der Waals surface area contributed by atoms with Gasteiger partial charge >= 0.3 is 6.18 Å². The molecule has 2 N–H and O–H groups in total. The fourth-order valence-corrected chi connectivity index (χ4v) is 4.01. The molecule has 3 rings (SSSR count). The van der Waals surface area contributed by atoms with Gasteiger partial charge in [-0.2, -0.15) is 13.2 Å². The van der Waals surface area contributed by atoms with Gasteiger partial charge in [0.15, 0.2) is 0 Å². The van der Waals surface area contributed by atoms with Crippen molar-refractivity contribution >= 4 is 23.9 Å². The molecule has 1 aromatic rings. The maximum Gasteiger partial charge on any atom is 0.416 e. The van der Waals surface area contributed by atoms with Crippen LogP contribution in [-0.4, -0.2) is 61.9 Å². The van der Waals surface area contributed by atoms with Crippen LogP contribution < -0.4 is 15.5 Å². The minimum Gasteiger partial charge on any atom is -0.364 e. The van der Waals surface area contributed by atoms with E-state index in [-0.39, 0.29) is 30.7 Å². The molecule has 0 spiro atoms. The Hall–Kier alpha value is -2.78. The fraction of sp³-hybridized carbons (Fsp3) is 0.526. The normalized spacial score (nSPS) is 19.2. The lowest BCUT2D eigenvalue weighted by Crippen LogP contribution is -2.53. The molecule has 0 radical (unpaired) electrons. The van der Waals surface area contributed by atoms with Gasteiger partial charge in [0.05, 0.1) is 11.6 Å². The van der Waals surface area contributed by atoms with Crippen molar-refractivity contribution in [2.24, 2.45) is 0 Å². The van der Waals surface area contributed by atoms with Crippen molar-refractivity contribution in [3.63, 3.8) is 0 Å². The van der Waals surface area contributed by atoms with Crippen molar-refractivity contribution in [3.05, 3.63) is 29.3 Å². The highest BCUT2D eigenvalue weighted by molar-refractivity contribution is 5.84. The van der Waals surface area contributed by atoms with Gasteiger partial charge < -0.3 is 20.4 Å². The van der Waals surface area contributed by atoms with Crippen LogP contribution in [0.4, 0.5) is 18.9 Å². The Balaban J connectivity index is 1.60. The Labute approximate surface area is 166 Å². The van der Waals surface area contributed by atoms with Gasteiger partial charge in [0.2, 0.25) is 18.2 Å². The topological polar surface area (TPSA) is 81.8 Å². The van der Waals surface area contributed by atoms with Crippen LogP contribution in [0.5, 0.6) is 0 Å². The van der Waals surface area contributed by atoms with E-state index in [4.69, 9.17) is 0 Å². The molecule has 1 saturated heterocycles. The number of rotatable bonds is 6. The first kappa shape index (κ1) is 20.9. The highest BCUT2D eigenvalue weighted by atomic mass is 19.4. The summed E-state index contributed by atoms with van der Waals surface area (Å²) < 4.78 is 38.9. The predicted octanol–water partition coefficient (Wildman–Crippen LogP) is 0.919. The van der Waals surface area contributed by atoms with Crippen LogP contribution in [0.1, 0.15) is 24.0 Å². The van der Waals surface area contributed by atoms with E-state index in [0.29, 0.717) is 38.0 Å². The number of likely N-dealkylation sites (N-methyl/N-ethyl adjacent to an activating group) is 1. The number of carbonyl (C=O) groups excluding carboxylic acids is 3. The number of piperazine rings is 1. The summed E-state index contributed by atoms with van der Waals surface area (Å²) in [4.78, 5) is 38.7. The van der Waals surface area contributed by atoms with Crippen molar-refractivity contribution in [1.82, 2.24) is 15.5 Å². The Morgan fingerprint density at radius 1 is 1.31 bits per heavy atom. The molecule has 2 aliphatic rings. The molecule has 3 amide bonds. The molecular formula is C19H23F3N4O3. The number of anilines is 1.